The minimum Gasteiger partial charge on any atom is -0.384 e. The third-order valence-corrected chi connectivity index (χ3v) is 3.79. The number of nitrogens with zero attached hydrogens (tertiary/aromatic N) is 1. The van der Waals surface area contributed by atoms with Crippen molar-refractivity contribution in [1.29, 1.82) is 0 Å². The highest BCUT2D eigenvalue weighted by Gasteiger charge is 2.31. The average Bonchev–Trinajstić information content (AvgIpc) is 2.28. The van der Waals surface area contributed by atoms with Crippen molar-refractivity contribution in [1.82, 2.24) is 4.98 Å². The van der Waals surface area contributed by atoms with E-state index in [0.717, 1.165) is 36.5 Å². The van der Waals surface area contributed by atoms with Crippen molar-refractivity contribution in [2.45, 2.75) is 25.1 Å². The first-order chi connectivity index (χ1) is 8.45. The lowest BCUT2D eigenvalue weighted by molar-refractivity contribution is -0.137. The predicted molar refractivity (Wildman–Crippen MR) is 67.6 cm³/mol. The molecule has 0 amide bonds. The summed E-state index contributed by atoms with van der Waals surface area (Å²) in [5.41, 5.74) is 4.64. The lowest BCUT2D eigenvalue weighted by atomic mass is 10.1. The van der Waals surface area contributed by atoms with Gasteiger partial charge in [-0.1, -0.05) is 0 Å². The van der Waals surface area contributed by atoms with Crippen LogP contribution in [0.2, 0.25) is 0 Å². The molecule has 0 saturated carbocycles. The number of nitrogens with one attached hydrogen (secondary N) is 1. The Morgan fingerprint density at radius 2 is 1.94 bits per heavy atom. The van der Waals surface area contributed by atoms with Gasteiger partial charge in [0.1, 0.15) is 11.6 Å². The van der Waals surface area contributed by atoms with Crippen molar-refractivity contribution in [2.24, 2.45) is 0 Å². The molecule has 100 valence electrons. The summed E-state index contributed by atoms with van der Waals surface area (Å²) < 4.78 is 37.8. The van der Waals surface area contributed by atoms with E-state index < -0.39 is 11.7 Å². The van der Waals surface area contributed by atoms with Gasteiger partial charge >= 0.3 is 6.18 Å². The lowest BCUT2D eigenvalue weighted by Gasteiger charge is -2.23. The summed E-state index contributed by atoms with van der Waals surface area (Å²) in [6.45, 7) is 0. The number of halogens is 3. The average molecular weight is 277 g/mol. The van der Waals surface area contributed by atoms with Crippen molar-refractivity contribution >= 4 is 23.4 Å². The van der Waals surface area contributed by atoms with Crippen molar-refractivity contribution in [3.8, 4) is 0 Å². The van der Waals surface area contributed by atoms with Crippen LogP contribution in [0.3, 0.4) is 0 Å². The van der Waals surface area contributed by atoms with Gasteiger partial charge < -0.3 is 11.1 Å². The van der Waals surface area contributed by atoms with E-state index >= 15 is 0 Å². The molecule has 18 heavy (non-hydrogen) atoms. The molecule has 0 aromatic carbocycles. The van der Waals surface area contributed by atoms with Crippen molar-refractivity contribution in [3.05, 3.63) is 17.7 Å². The highest BCUT2D eigenvalue weighted by Crippen LogP contribution is 2.32. The fourth-order valence-corrected chi connectivity index (χ4v) is 2.95. The Hall–Kier alpha value is -1.11. The zero-order valence-corrected chi connectivity index (χ0v) is 10.4. The third-order valence-electron chi connectivity index (χ3n) is 2.75. The molecule has 7 heteroatoms. The van der Waals surface area contributed by atoms with Crippen LogP contribution < -0.4 is 11.1 Å². The van der Waals surface area contributed by atoms with Gasteiger partial charge in [-0.15, -0.1) is 0 Å². The maximum atomic E-state index is 12.6. The number of rotatable bonds is 2. The Kier molecular flexibility index (Phi) is 3.89. The molecule has 0 unspecified atom stereocenters. The predicted octanol–water partition coefficient (Wildman–Crippen LogP) is 2.99. The molecule has 2 heterocycles. The molecular weight excluding hydrogens is 263 g/mol. The molecule has 1 aliphatic heterocycles. The molecule has 1 aromatic heterocycles. The van der Waals surface area contributed by atoms with Gasteiger partial charge in [0.15, 0.2) is 0 Å². The Balaban J connectivity index is 2.14. The zero-order chi connectivity index (χ0) is 13.2. The second kappa shape index (κ2) is 5.26. The van der Waals surface area contributed by atoms with Crippen molar-refractivity contribution in [3.63, 3.8) is 0 Å². The van der Waals surface area contributed by atoms with E-state index in [0.29, 0.717) is 0 Å². The van der Waals surface area contributed by atoms with Crippen LogP contribution in [0.25, 0.3) is 0 Å². The molecule has 0 aliphatic carbocycles. The number of hydrogen-bond acceptors (Lipinski definition) is 4. The van der Waals surface area contributed by atoms with E-state index in [1.165, 1.54) is 0 Å². The smallest absolute Gasteiger partial charge is 0.384 e. The normalized spacial score (nSPS) is 17.7. The minimum atomic E-state index is -4.39. The number of aromatic nitrogens is 1. The van der Waals surface area contributed by atoms with E-state index in [9.17, 15) is 13.2 Å². The highest BCUT2D eigenvalue weighted by molar-refractivity contribution is 7.99. The molecule has 1 fully saturated rings. The van der Waals surface area contributed by atoms with Crippen LogP contribution in [0.4, 0.5) is 24.8 Å². The number of nitrogens with two attached hydrogens (primary N) is 1. The molecule has 1 aromatic rings. The van der Waals surface area contributed by atoms with Gasteiger partial charge in [0.2, 0.25) is 0 Å². The summed E-state index contributed by atoms with van der Waals surface area (Å²) in [7, 11) is 0. The largest absolute Gasteiger partial charge is 0.416 e. The number of alkyl halides is 3. The van der Waals surface area contributed by atoms with Gasteiger partial charge in [-0.25, -0.2) is 4.98 Å². The monoisotopic (exact) mass is 277 g/mol. The van der Waals surface area contributed by atoms with Gasteiger partial charge in [0.25, 0.3) is 0 Å². The van der Waals surface area contributed by atoms with E-state index in [1.54, 1.807) is 0 Å². The maximum Gasteiger partial charge on any atom is 0.416 e. The van der Waals surface area contributed by atoms with E-state index in [4.69, 9.17) is 5.73 Å². The second-order valence-corrected chi connectivity index (χ2v) is 5.42. The molecule has 3 N–H and O–H groups in total. The molecule has 3 nitrogen and oxygen atoms in total. The molecule has 0 radical (unpaired) electrons. The van der Waals surface area contributed by atoms with Crippen LogP contribution in [0.5, 0.6) is 0 Å². The summed E-state index contributed by atoms with van der Waals surface area (Å²) in [6.07, 6.45) is -2.53. The first-order valence-electron chi connectivity index (χ1n) is 5.64. The molecule has 2 rings (SSSR count). The van der Waals surface area contributed by atoms with Gasteiger partial charge in [0, 0.05) is 6.04 Å². The van der Waals surface area contributed by atoms with Gasteiger partial charge in [0.05, 0.1) is 5.56 Å². The Bertz CT molecular complexity index is 416. The number of thioether (sulfide) groups is 1. The van der Waals surface area contributed by atoms with Crippen LogP contribution >= 0.6 is 11.8 Å². The topological polar surface area (TPSA) is 50.9 Å². The summed E-state index contributed by atoms with van der Waals surface area (Å²) >= 11 is 1.85. The van der Waals surface area contributed by atoms with Gasteiger partial charge in [-0.3, -0.25) is 0 Å². The quantitative estimate of drug-likeness (QED) is 0.872. The molecule has 0 atom stereocenters. The Morgan fingerprint density at radius 1 is 1.28 bits per heavy atom. The summed E-state index contributed by atoms with van der Waals surface area (Å²) in [6, 6.07) is 2.04. The second-order valence-electron chi connectivity index (χ2n) is 4.19. The summed E-state index contributed by atoms with van der Waals surface area (Å²) in [4.78, 5) is 3.90. The Morgan fingerprint density at radius 3 is 2.56 bits per heavy atom. The van der Waals surface area contributed by atoms with Crippen LogP contribution in [-0.4, -0.2) is 22.5 Å². The standard InChI is InChI=1S/C11H14F3N3S/c12-11(13,14)7-5-9(15)17-10(6-7)16-8-1-3-18-4-2-8/h5-6,8H,1-4H2,(H3,15,16,17). The molecule has 1 aliphatic rings. The fraction of sp³-hybridized carbons (Fsp3) is 0.545. The number of hydrogen-bond donors (Lipinski definition) is 2. The van der Waals surface area contributed by atoms with Crippen LogP contribution in [0.1, 0.15) is 18.4 Å². The van der Waals surface area contributed by atoms with Gasteiger partial charge in [-0.2, -0.15) is 24.9 Å². The SMILES string of the molecule is Nc1cc(C(F)(F)F)cc(NC2CCSCC2)n1. The molecular formula is C11H14F3N3S. The maximum absolute atomic E-state index is 12.6. The van der Waals surface area contributed by atoms with Gasteiger partial charge in [-0.05, 0) is 36.5 Å². The molecule has 0 spiro atoms. The Labute approximate surface area is 107 Å². The van der Waals surface area contributed by atoms with E-state index in [2.05, 4.69) is 10.3 Å². The van der Waals surface area contributed by atoms with Crippen LogP contribution in [-0.2, 0) is 6.18 Å². The first kappa shape index (κ1) is 13.3. The lowest BCUT2D eigenvalue weighted by Crippen LogP contribution is -2.25. The summed E-state index contributed by atoms with van der Waals surface area (Å²) in [5, 5.41) is 3.03. The molecule has 0 bridgehead atoms. The van der Waals surface area contributed by atoms with Crippen LogP contribution in [0.15, 0.2) is 12.1 Å². The number of pyridine rings is 1. The zero-order valence-electron chi connectivity index (χ0n) is 9.63. The summed E-state index contributed by atoms with van der Waals surface area (Å²) in [5.74, 6) is 2.13. The molecule has 1 saturated heterocycles. The minimum absolute atomic E-state index is 0.113. The van der Waals surface area contributed by atoms with E-state index in [-0.39, 0.29) is 17.7 Å². The number of anilines is 2. The first-order valence-corrected chi connectivity index (χ1v) is 6.79. The highest BCUT2D eigenvalue weighted by atomic mass is 32.2. The van der Waals surface area contributed by atoms with Crippen LogP contribution in [0, 0.1) is 0 Å². The van der Waals surface area contributed by atoms with Crippen molar-refractivity contribution in [2.75, 3.05) is 22.6 Å². The fourth-order valence-electron chi connectivity index (χ4n) is 1.84. The van der Waals surface area contributed by atoms with Crippen molar-refractivity contribution < 1.29 is 13.2 Å². The third kappa shape index (κ3) is 3.44. The van der Waals surface area contributed by atoms with E-state index in [1.807, 2.05) is 11.8 Å². The number of nitrogen functional groups attached to an aromatic ring is 1.